The number of benzene rings is 1. The van der Waals surface area contributed by atoms with Crippen LogP contribution >= 0.6 is 23.4 Å². The van der Waals surface area contributed by atoms with Crippen LogP contribution in [-0.4, -0.2) is 22.6 Å². The molecule has 0 fully saturated rings. The van der Waals surface area contributed by atoms with Gasteiger partial charge in [0, 0.05) is 9.92 Å². The van der Waals surface area contributed by atoms with Gasteiger partial charge in [-0.05, 0) is 18.2 Å². The SMILES string of the molecule is NC(=O)CNCc1nc(CSc2cccc(Cl)c2)no1. The second kappa shape index (κ2) is 7.28. The predicted molar refractivity (Wildman–Crippen MR) is 76.2 cm³/mol. The van der Waals surface area contributed by atoms with Gasteiger partial charge in [-0.2, -0.15) is 4.98 Å². The van der Waals surface area contributed by atoms with E-state index >= 15 is 0 Å². The van der Waals surface area contributed by atoms with E-state index in [1.54, 1.807) is 11.8 Å². The van der Waals surface area contributed by atoms with E-state index in [0.717, 1.165) is 4.90 Å². The fraction of sp³-hybridized carbons (Fsp3) is 0.250. The van der Waals surface area contributed by atoms with E-state index in [1.165, 1.54) is 0 Å². The van der Waals surface area contributed by atoms with Gasteiger partial charge in [0.2, 0.25) is 11.8 Å². The zero-order valence-electron chi connectivity index (χ0n) is 10.5. The lowest BCUT2D eigenvalue weighted by Gasteiger charge is -1.98. The minimum Gasteiger partial charge on any atom is -0.369 e. The van der Waals surface area contributed by atoms with Gasteiger partial charge in [0.05, 0.1) is 18.8 Å². The van der Waals surface area contributed by atoms with E-state index < -0.39 is 5.91 Å². The molecule has 2 aromatic rings. The molecule has 0 radical (unpaired) electrons. The molecule has 1 heterocycles. The first-order chi connectivity index (χ1) is 9.63. The molecule has 0 aliphatic carbocycles. The number of nitrogens with one attached hydrogen (secondary N) is 1. The number of amides is 1. The van der Waals surface area contributed by atoms with Gasteiger partial charge in [-0.1, -0.05) is 22.8 Å². The number of hydrogen-bond acceptors (Lipinski definition) is 6. The van der Waals surface area contributed by atoms with Gasteiger partial charge in [-0.3, -0.25) is 10.1 Å². The highest BCUT2D eigenvalue weighted by molar-refractivity contribution is 7.98. The van der Waals surface area contributed by atoms with Gasteiger partial charge in [-0.15, -0.1) is 11.8 Å². The molecule has 8 heteroatoms. The molecule has 0 aliphatic heterocycles. The van der Waals surface area contributed by atoms with Crippen molar-refractivity contribution in [3.63, 3.8) is 0 Å². The van der Waals surface area contributed by atoms with Crippen molar-refractivity contribution in [1.82, 2.24) is 15.5 Å². The first-order valence-electron chi connectivity index (χ1n) is 5.82. The normalized spacial score (nSPS) is 10.7. The van der Waals surface area contributed by atoms with Crippen molar-refractivity contribution < 1.29 is 9.32 Å². The van der Waals surface area contributed by atoms with Crippen LogP contribution in [0.4, 0.5) is 0 Å². The predicted octanol–water partition coefficient (Wildman–Crippen LogP) is 1.59. The second-order valence-electron chi connectivity index (χ2n) is 3.92. The average molecular weight is 313 g/mol. The number of hydrogen-bond donors (Lipinski definition) is 2. The van der Waals surface area contributed by atoms with Crippen LogP contribution in [0.5, 0.6) is 0 Å². The Morgan fingerprint density at radius 1 is 1.50 bits per heavy atom. The lowest BCUT2D eigenvalue weighted by molar-refractivity contribution is -0.117. The van der Waals surface area contributed by atoms with Crippen molar-refractivity contribution in [3.8, 4) is 0 Å². The Morgan fingerprint density at radius 2 is 2.35 bits per heavy atom. The summed E-state index contributed by atoms with van der Waals surface area (Å²) in [7, 11) is 0. The molecule has 106 valence electrons. The number of nitrogens with two attached hydrogens (primary N) is 1. The first kappa shape index (κ1) is 14.8. The Bertz CT molecular complexity index is 590. The van der Waals surface area contributed by atoms with Gasteiger partial charge in [0.15, 0.2) is 5.82 Å². The topological polar surface area (TPSA) is 94.0 Å². The number of rotatable bonds is 7. The Morgan fingerprint density at radius 3 is 3.10 bits per heavy atom. The maximum Gasteiger partial charge on any atom is 0.240 e. The second-order valence-corrected chi connectivity index (χ2v) is 5.41. The minimum atomic E-state index is -0.429. The van der Waals surface area contributed by atoms with Gasteiger partial charge >= 0.3 is 0 Å². The molecule has 0 saturated heterocycles. The maximum absolute atomic E-state index is 10.6. The largest absolute Gasteiger partial charge is 0.369 e. The number of carbonyl (C=O) groups is 1. The van der Waals surface area contributed by atoms with Crippen molar-refractivity contribution in [3.05, 3.63) is 41.0 Å². The molecule has 0 saturated carbocycles. The highest BCUT2D eigenvalue weighted by atomic mass is 35.5. The molecular formula is C12H13ClN4O2S. The number of aromatic nitrogens is 2. The van der Waals surface area contributed by atoms with Crippen LogP contribution in [0.15, 0.2) is 33.7 Å². The van der Waals surface area contributed by atoms with E-state index in [1.807, 2.05) is 24.3 Å². The molecule has 20 heavy (non-hydrogen) atoms. The fourth-order valence-electron chi connectivity index (χ4n) is 1.42. The molecular weight excluding hydrogens is 300 g/mol. The van der Waals surface area contributed by atoms with E-state index in [9.17, 15) is 4.79 Å². The van der Waals surface area contributed by atoms with Crippen LogP contribution in [0.1, 0.15) is 11.7 Å². The fourth-order valence-corrected chi connectivity index (χ4v) is 2.47. The van der Waals surface area contributed by atoms with Gasteiger partial charge < -0.3 is 10.3 Å². The number of carbonyl (C=O) groups excluding carboxylic acids is 1. The van der Waals surface area contributed by atoms with E-state index in [-0.39, 0.29) is 6.54 Å². The molecule has 0 bridgehead atoms. The summed E-state index contributed by atoms with van der Waals surface area (Å²) < 4.78 is 5.04. The smallest absolute Gasteiger partial charge is 0.240 e. The molecule has 3 N–H and O–H groups in total. The maximum atomic E-state index is 10.6. The van der Waals surface area contributed by atoms with Gasteiger partial charge in [0.1, 0.15) is 0 Å². The Balaban J connectivity index is 1.82. The molecule has 1 amide bonds. The van der Waals surface area contributed by atoms with Crippen LogP contribution < -0.4 is 11.1 Å². The highest BCUT2D eigenvalue weighted by Gasteiger charge is 2.07. The first-order valence-corrected chi connectivity index (χ1v) is 7.18. The summed E-state index contributed by atoms with van der Waals surface area (Å²) in [4.78, 5) is 15.8. The number of primary amides is 1. The molecule has 0 atom stereocenters. The average Bonchev–Trinajstić information content (AvgIpc) is 2.84. The third-order valence-electron chi connectivity index (χ3n) is 2.25. The summed E-state index contributed by atoms with van der Waals surface area (Å²) in [5, 5.41) is 7.35. The molecule has 2 rings (SSSR count). The minimum absolute atomic E-state index is 0.0784. The lowest BCUT2D eigenvalue weighted by Crippen LogP contribution is -2.28. The molecule has 0 aliphatic rings. The summed E-state index contributed by atoms with van der Waals surface area (Å²) in [6.45, 7) is 0.396. The molecule has 6 nitrogen and oxygen atoms in total. The van der Waals surface area contributed by atoms with E-state index in [4.69, 9.17) is 21.9 Å². The Hall–Kier alpha value is -1.57. The third kappa shape index (κ3) is 4.84. The number of nitrogens with zero attached hydrogens (tertiary/aromatic N) is 2. The van der Waals surface area contributed by atoms with Crippen LogP contribution in [0.3, 0.4) is 0 Å². The zero-order valence-corrected chi connectivity index (χ0v) is 12.1. The van der Waals surface area contributed by atoms with Crippen molar-refractivity contribution in [2.45, 2.75) is 17.2 Å². The third-order valence-corrected chi connectivity index (χ3v) is 3.47. The summed E-state index contributed by atoms with van der Waals surface area (Å²) in [5.74, 6) is 1.17. The van der Waals surface area contributed by atoms with Crippen molar-refractivity contribution in [2.75, 3.05) is 6.54 Å². The Kier molecular flexibility index (Phi) is 5.40. The van der Waals surface area contributed by atoms with Crippen molar-refractivity contribution >= 4 is 29.3 Å². The number of thioether (sulfide) groups is 1. The van der Waals surface area contributed by atoms with Crippen molar-refractivity contribution in [2.24, 2.45) is 5.73 Å². The summed E-state index contributed by atoms with van der Waals surface area (Å²) in [6, 6.07) is 7.55. The van der Waals surface area contributed by atoms with Crippen molar-refractivity contribution in [1.29, 1.82) is 0 Å². The molecule has 1 aromatic carbocycles. The Labute approximate surface area is 125 Å². The van der Waals surface area contributed by atoms with E-state index in [0.29, 0.717) is 29.0 Å². The molecule has 0 unspecified atom stereocenters. The summed E-state index contributed by atoms with van der Waals surface area (Å²) in [5.41, 5.74) is 5.00. The highest BCUT2D eigenvalue weighted by Crippen LogP contribution is 2.24. The van der Waals surface area contributed by atoms with Crippen LogP contribution in [0.25, 0.3) is 0 Å². The van der Waals surface area contributed by atoms with Gasteiger partial charge in [-0.25, -0.2) is 0 Å². The summed E-state index contributed by atoms with van der Waals surface area (Å²) >= 11 is 7.47. The van der Waals surface area contributed by atoms with Crippen LogP contribution in [0.2, 0.25) is 5.02 Å². The number of halogens is 1. The quantitative estimate of drug-likeness (QED) is 0.754. The van der Waals surface area contributed by atoms with Crippen LogP contribution in [0, 0.1) is 0 Å². The lowest BCUT2D eigenvalue weighted by atomic mass is 10.4. The van der Waals surface area contributed by atoms with Crippen LogP contribution in [-0.2, 0) is 17.1 Å². The zero-order chi connectivity index (χ0) is 14.4. The molecule has 1 aromatic heterocycles. The molecule has 0 spiro atoms. The summed E-state index contributed by atoms with van der Waals surface area (Å²) in [6.07, 6.45) is 0. The van der Waals surface area contributed by atoms with Gasteiger partial charge in [0.25, 0.3) is 0 Å². The van der Waals surface area contributed by atoms with E-state index in [2.05, 4.69) is 15.5 Å². The standard InChI is InChI=1S/C12H13ClN4O2S/c13-8-2-1-3-9(4-8)20-7-11-16-12(19-17-11)6-15-5-10(14)18/h1-4,15H,5-7H2,(H2,14,18). The monoisotopic (exact) mass is 312 g/mol.